The van der Waals surface area contributed by atoms with Crippen LogP contribution in [0.2, 0.25) is 0 Å². The molecule has 0 aromatic heterocycles. The molecule has 2 nitrogen and oxygen atoms in total. The summed E-state index contributed by atoms with van der Waals surface area (Å²) in [6, 6.07) is 5.68. The van der Waals surface area contributed by atoms with E-state index in [1.807, 2.05) is 6.07 Å². The summed E-state index contributed by atoms with van der Waals surface area (Å²) in [5.41, 5.74) is 1.38. The van der Waals surface area contributed by atoms with Gasteiger partial charge >= 0.3 is 0 Å². The number of nitrogens with one attached hydrogen (secondary N) is 1. The fourth-order valence-electron chi connectivity index (χ4n) is 4.95. The number of rotatable bonds is 3. The van der Waals surface area contributed by atoms with Crippen molar-refractivity contribution in [2.75, 3.05) is 6.61 Å². The second-order valence-corrected chi connectivity index (χ2v) is 7.74. The maximum Gasteiger partial charge on any atom is 0.124 e. The highest BCUT2D eigenvalue weighted by atomic mass is 79.9. The van der Waals surface area contributed by atoms with Crippen molar-refractivity contribution in [2.24, 2.45) is 11.3 Å². The first-order valence-corrected chi connectivity index (χ1v) is 8.78. The van der Waals surface area contributed by atoms with Crippen molar-refractivity contribution in [3.05, 3.63) is 34.1 Å². The van der Waals surface area contributed by atoms with Crippen molar-refractivity contribution in [2.45, 2.75) is 50.8 Å². The van der Waals surface area contributed by atoms with Gasteiger partial charge in [0, 0.05) is 35.0 Å². The van der Waals surface area contributed by atoms with Gasteiger partial charge in [-0.15, -0.1) is 0 Å². The standard InChI is InChI=1S/C17H21BrFNO/c18-12-7-11(8-13(19)9-12)10-20-15-14-3-6-21-16(14)17(15)4-1-2-5-17/h7-9,14-16,20H,1-6,10H2/t14-,15+,16-/m0/s1. The number of hydrogen-bond acceptors (Lipinski definition) is 2. The molecule has 0 amide bonds. The third-order valence-electron chi connectivity index (χ3n) is 5.73. The van der Waals surface area contributed by atoms with E-state index in [1.165, 1.54) is 38.2 Å². The molecule has 0 bridgehead atoms. The first-order chi connectivity index (χ1) is 10.2. The van der Waals surface area contributed by atoms with Gasteiger partial charge in [-0.25, -0.2) is 4.39 Å². The molecule has 1 saturated heterocycles. The molecule has 4 heteroatoms. The average Bonchev–Trinajstić information content (AvgIpc) is 3.04. The summed E-state index contributed by atoms with van der Waals surface area (Å²) in [6.07, 6.45) is 6.90. The Kier molecular flexibility index (Phi) is 3.59. The first-order valence-electron chi connectivity index (χ1n) is 7.99. The molecule has 1 N–H and O–H groups in total. The van der Waals surface area contributed by atoms with Crippen LogP contribution in [-0.4, -0.2) is 18.8 Å². The Balaban J connectivity index is 1.48. The highest BCUT2D eigenvalue weighted by Crippen LogP contribution is 2.60. The third kappa shape index (κ3) is 2.27. The largest absolute Gasteiger partial charge is 0.377 e. The monoisotopic (exact) mass is 353 g/mol. The van der Waals surface area contributed by atoms with Crippen molar-refractivity contribution in [1.82, 2.24) is 5.32 Å². The van der Waals surface area contributed by atoms with E-state index in [-0.39, 0.29) is 5.82 Å². The minimum Gasteiger partial charge on any atom is -0.377 e. The zero-order chi connectivity index (χ0) is 14.4. The summed E-state index contributed by atoms with van der Waals surface area (Å²) in [4.78, 5) is 0. The summed E-state index contributed by atoms with van der Waals surface area (Å²) < 4.78 is 20.3. The lowest BCUT2D eigenvalue weighted by molar-refractivity contribution is -0.130. The van der Waals surface area contributed by atoms with Crippen LogP contribution in [0.4, 0.5) is 4.39 Å². The predicted octanol–water partition coefficient (Wildman–Crippen LogP) is 4.03. The molecule has 2 aliphatic carbocycles. The van der Waals surface area contributed by atoms with Crippen molar-refractivity contribution in [3.8, 4) is 0 Å². The van der Waals surface area contributed by atoms with Crippen molar-refractivity contribution >= 4 is 15.9 Å². The molecular weight excluding hydrogens is 333 g/mol. The Bertz CT molecular complexity index is 523. The molecular formula is C17H21BrFNO. The molecule has 1 heterocycles. The maximum absolute atomic E-state index is 13.5. The fraction of sp³-hybridized carbons (Fsp3) is 0.647. The SMILES string of the molecule is Fc1cc(Br)cc(CN[C@@H]2[C@@H]3CCO[C@@H]3C23CCCC3)c1. The molecule has 1 aromatic carbocycles. The van der Waals surface area contributed by atoms with E-state index in [0.717, 1.165) is 23.2 Å². The van der Waals surface area contributed by atoms with Crippen LogP contribution in [0.5, 0.6) is 0 Å². The Morgan fingerprint density at radius 1 is 1.29 bits per heavy atom. The molecule has 4 rings (SSSR count). The number of benzene rings is 1. The molecule has 0 radical (unpaired) electrons. The Morgan fingerprint density at radius 3 is 2.86 bits per heavy atom. The van der Waals surface area contributed by atoms with Gasteiger partial charge < -0.3 is 10.1 Å². The van der Waals surface area contributed by atoms with E-state index >= 15 is 0 Å². The van der Waals surface area contributed by atoms with Crippen LogP contribution in [0, 0.1) is 17.2 Å². The molecule has 21 heavy (non-hydrogen) atoms. The zero-order valence-corrected chi connectivity index (χ0v) is 13.7. The quantitative estimate of drug-likeness (QED) is 0.885. The molecule has 1 spiro atoms. The molecule has 3 aliphatic rings. The molecule has 0 unspecified atom stereocenters. The number of ether oxygens (including phenoxy) is 1. The fourth-order valence-corrected chi connectivity index (χ4v) is 5.46. The molecule has 1 aromatic rings. The maximum atomic E-state index is 13.5. The van der Waals surface area contributed by atoms with Gasteiger partial charge in [-0.05, 0) is 43.0 Å². The zero-order valence-electron chi connectivity index (χ0n) is 12.1. The van der Waals surface area contributed by atoms with Crippen LogP contribution in [0.15, 0.2) is 22.7 Å². The summed E-state index contributed by atoms with van der Waals surface area (Å²) in [7, 11) is 0. The van der Waals surface area contributed by atoms with Gasteiger partial charge in [-0.1, -0.05) is 28.8 Å². The summed E-state index contributed by atoms with van der Waals surface area (Å²) in [6.45, 7) is 1.66. The van der Waals surface area contributed by atoms with Gasteiger partial charge in [0.15, 0.2) is 0 Å². The van der Waals surface area contributed by atoms with E-state index in [2.05, 4.69) is 21.2 Å². The molecule has 1 aliphatic heterocycles. The highest BCUT2D eigenvalue weighted by molar-refractivity contribution is 9.10. The summed E-state index contributed by atoms with van der Waals surface area (Å²) in [5, 5.41) is 3.73. The van der Waals surface area contributed by atoms with Gasteiger partial charge in [0.05, 0.1) is 6.10 Å². The van der Waals surface area contributed by atoms with Crippen LogP contribution in [-0.2, 0) is 11.3 Å². The molecule has 3 atom stereocenters. The second kappa shape index (κ2) is 5.32. The van der Waals surface area contributed by atoms with Crippen molar-refractivity contribution < 1.29 is 9.13 Å². The Hall–Kier alpha value is -0.450. The van der Waals surface area contributed by atoms with Crippen LogP contribution in [0.1, 0.15) is 37.7 Å². The predicted molar refractivity (Wildman–Crippen MR) is 83.5 cm³/mol. The normalized spacial score (nSPS) is 33.1. The lowest BCUT2D eigenvalue weighted by Crippen LogP contribution is -2.67. The summed E-state index contributed by atoms with van der Waals surface area (Å²) >= 11 is 3.37. The van der Waals surface area contributed by atoms with E-state index in [0.29, 0.717) is 23.5 Å². The smallest absolute Gasteiger partial charge is 0.124 e. The molecule has 2 saturated carbocycles. The van der Waals surface area contributed by atoms with Crippen LogP contribution in [0.25, 0.3) is 0 Å². The van der Waals surface area contributed by atoms with Crippen LogP contribution in [0.3, 0.4) is 0 Å². The number of hydrogen-bond donors (Lipinski definition) is 1. The van der Waals surface area contributed by atoms with E-state index in [4.69, 9.17) is 4.74 Å². The summed E-state index contributed by atoms with van der Waals surface area (Å²) in [5.74, 6) is 0.493. The Morgan fingerprint density at radius 2 is 2.10 bits per heavy atom. The second-order valence-electron chi connectivity index (χ2n) is 6.82. The van der Waals surface area contributed by atoms with E-state index < -0.39 is 0 Å². The minimum atomic E-state index is -0.174. The molecule has 114 valence electrons. The van der Waals surface area contributed by atoms with Crippen LogP contribution < -0.4 is 5.32 Å². The minimum absolute atomic E-state index is 0.174. The third-order valence-corrected chi connectivity index (χ3v) is 6.19. The van der Waals surface area contributed by atoms with Crippen LogP contribution >= 0.6 is 15.9 Å². The van der Waals surface area contributed by atoms with Gasteiger partial charge in [0.25, 0.3) is 0 Å². The van der Waals surface area contributed by atoms with Gasteiger partial charge in [-0.2, -0.15) is 0 Å². The van der Waals surface area contributed by atoms with Crippen molar-refractivity contribution in [3.63, 3.8) is 0 Å². The lowest BCUT2D eigenvalue weighted by atomic mass is 9.54. The van der Waals surface area contributed by atoms with Crippen molar-refractivity contribution in [1.29, 1.82) is 0 Å². The highest BCUT2D eigenvalue weighted by Gasteiger charge is 2.64. The number of fused-ring (bicyclic) bond motifs is 2. The lowest BCUT2D eigenvalue weighted by Gasteiger charge is -2.57. The first kappa shape index (κ1) is 14.2. The Labute approximate surface area is 133 Å². The average molecular weight is 354 g/mol. The van der Waals surface area contributed by atoms with Gasteiger partial charge in [0.2, 0.25) is 0 Å². The van der Waals surface area contributed by atoms with Gasteiger partial charge in [-0.3, -0.25) is 0 Å². The van der Waals surface area contributed by atoms with E-state index in [1.54, 1.807) is 6.07 Å². The topological polar surface area (TPSA) is 21.3 Å². The van der Waals surface area contributed by atoms with Gasteiger partial charge in [0.1, 0.15) is 5.82 Å². The number of halogens is 2. The molecule has 3 fully saturated rings. The van der Waals surface area contributed by atoms with E-state index in [9.17, 15) is 4.39 Å².